The molecule has 0 atom stereocenters. The highest BCUT2D eigenvalue weighted by Gasteiger charge is 1.97. The zero-order chi connectivity index (χ0) is 13.7. The molecule has 1 nitrogen and oxygen atoms in total. The van der Waals surface area contributed by atoms with E-state index in [2.05, 4.69) is 55.4 Å². The summed E-state index contributed by atoms with van der Waals surface area (Å²) in [5.41, 5.74) is 6.14. The molecule has 0 bridgehead atoms. The van der Waals surface area contributed by atoms with Crippen LogP contribution in [0.1, 0.15) is 27.8 Å². The molecule has 2 aromatic carbocycles. The van der Waals surface area contributed by atoms with Crippen LogP contribution in [0.4, 0.5) is 0 Å². The third-order valence-corrected chi connectivity index (χ3v) is 3.06. The van der Waals surface area contributed by atoms with Crippen LogP contribution < -0.4 is 5.32 Å². The maximum absolute atomic E-state index is 5.34. The van der Waals surface area contributed by atoms with Gasteiger partial charge in [0.15, 0.2) is 0 Å². The normalized spacial score (nSPS) is 10.2. The van der Waals surface area contributed by atoms with E-state index in [1.165, 1.54) is 22.3 Å². The van der Waals surface area contributed by atoms with Crippen LogP contribution in [-0.4, -0.2) is 0 Å². The van der Waals surface area contributed by atoms with Gasteiger partial charge in [-0.3, -0.25) is 0 Å². The minimum absolute atomic E-state index is 0.859. The third kappa shape index (κ3) is 3.98. The SMILES string of the molecule is C#Cc1ccc(CNCc2cc(C)cc(C)c2)cc1. The standard InChI is InChI=1S/C18H19N/c1-4-16-5-7-17(8-6-16)12-19-13-18-10-14(2)9-15(3)11-18/h1,5-11,19H,12-13H2,2-3H3. The summed E-state index contributed by atoms with van der Waals surface area (Å²) in [7, 11) is 0. The van der Waals surface area contributed by atoms with Gasteiger partial charge in [-0.15, -0.1) is 6.42 Å². The predicted octanol–water partition coefficient (Wildman–Crippen LogP) is 3.57. The lowest BCUT2D eigenvalue weighted by Crippen LogP contribution is -2.12. The van der Waals surface area contributed by atoms with Gasteiger partial charge in [-0.1, -0.05) is 47.4 Å². The lowest BCUT2D eigenvalue weighted by atomic mass is 10.1. The highest BCUT2D eigenvalue weighted by atomic mass is 14.8. The molecule has 19 heavy (non-hydrogen) atoms. The molecular formula is C18H19N. The molecule has 1 heteroatoms. The van der Waals surface area contributed by atoms with E-state index < -0.39 is 0 Å². The summed E-state index contributed by atoms with van der Waals surface area (Å²) in [5.74, 6) is 2.63. The van der Waals surface area contributed by atoms with E-state index in [1.807, 2.05) is 12.1 Å². The second-order valence-electron chi connectivity index (χ2n) is 4.94. The van der Waals surface area contributed by atoms with Crippen LogP contribution in [0.3, 0.4) is 0 Å². The zero-order valence-corrected chi connectivity index (χ0v) is 11.5. The van der Waals surface area contributed by atoms with Crippen molar-refractivity contribution in [1.82, 2.24) is 5.32 Å². The van der Waals surface area contributed by atoms with Crippen molar-refractivity contribution in [1.29, 1.82) is 0 Å². The van der Waals surface area contributed by atoms with Gasteiger partial charge in [-0.2, -0.15) is 0 Å². The monoisotopic (exact) mass is 249 g/mol. The van der Waals surface area contributed by atoms with Gasteiger partial charge in [-0.05, 0) is 37.1 Å². The predicted molar refractivity (Wildman–Crippen MR) is 80.8 cm³/mol. The van der Waals surface area contributed by atoms with Crippen molar-refractivity contribution in [3.63, 3.8) is 0 Å². The van der Waals surface area contributed by atoms with E-state index >= 15 is 0 Å². The number of hydrogen-bond donors (Lipinski definition) is 1. The summed E-state index contributed by atoms with van der Waals surface area (Å²) in [5, 5.41) is 3.46. The Morgan fingerprint density at radius 1 is 0.895 bits per heavy atom. The van der Waals surface area contributed by atoms with E-state index in [4.69, 9.17) is 6.42 Å². The molecule has 0 unspecified atom stereocenters. The molecule has 1 N–H and O–H groups in total. The molecule has 0 saturated heterocycles. The lowest BCUT2D eigenvalue weighted by molar-refractivity contribution is 0.692. The Kier molecular flexibility index (Phi) is 4.39. The number of benzene rings is 2. The molecule has 0 amide bonds. The van der Waals surface area contributed by atoms with E-state index in [9.17, 15) is 0 Å². The Morgan fingerprint density at radius 2 is 1.47 bits per heavy atom. The number of aryl methyl sites for hydroxylation is 2. The molecule has 2 aromatic rings. The molecule has 0 heterocycles. The van der Waals surface area contributed by atoms with Crippen LogP contribution in [0.15, 0.2) is 42.5 Å². The number of nitrogens with one attached hydrogen (secondary N) is 1. The van der Waals surface area contributed by atoms with Gasteiger partial charge in [0, 0.05) is 18.7 Å². The molecular weight excluding hydrogens is 230 g/mol. The van der Waals surface area contributed by atoms with E-state index in [0.717, 1.165) is 18.7 Å². The first-order valence-corrected chi connectivity index (χ1v) is 6.51. The van der Waals surface area contributed by atoms with E-state index in [-0.39, 0.29) is 0 Å². The fourth-order valence-electron chi connectivity index (χ4n) is 2.24. The van der Waals surface area contributed by atoms with Gasteiger partial charge in [0.25, 0.3) is 0 Å². The van der Waals surface area contributed by atoms with Gasteiger partial charge >= 0.3 is 0 Å². The fourth-order valence-corrected chi connectivity index (χ4v) is 2.24. The fraction of sp³-hybridized carbons (Fsp3) is 0.222. The third-order valence-electron chi connectivity index (χ3n) is 3.06. The summed E-state index contributed by atoms with van der Waals surface area (Å²) in [4.78, 5) is 0. The average Bonchev–Trinajstić information content (AvgIpc) is 2.38. The molecule has 0 aliphatic carbocycles. The Hall–Kier alpha value is -2.04. The lowest BCUT2D eigenvalue weighted by Gasteiger charge is -2.07. The summed E-state index contributed by atoms with van der Waals surface area (Å²) >= 11 is 0. The van der Waals surface area contributed by atoms with Crippen molar-refractivity contribution >= 4 is 0 Å². The quantitative estimate of drug-likeness (QED) is 0.817. The van der Waals surface area contributed by atoms with Crippen molar-refractivity contribution < 1.29 is 0 Å². The van der Waals surface area contributed by atoms with Gasteiger partial charge in [0.2, 0.25) is 0 Å². The van der Waals surface area contributed by atoms with E-state index in [1.54, 1.807) is 0 Å². The molecule has 96 valence electrons. The summed E-state index contributed by atoms with van der Waals surface area (Å²) in [6.07, 6.45) is 5.34. The molecule has 0 fully saturated rings. The minimum Gasteiger partial charge on any atom is -0.309 e. The molecule has 0 aliphatic heterocycles. The van der Waals surface area contributed by atoms with Crippen molar-refractivity contribution in [3.8, 4) is 12.3 Å². The minimum atomic E-state index is 0.859. The van der Waals surface area contributed by atoms with Crippen LogP contribution in [0.25, 0.3) is 0 Å². The maximum atomic E-state index is 5.34. The van der Waals surface area contributed by atoms with Gasteiger partial charge in [0.1, 0.15) is 0 Å². The van der Waals surface area contributed by atoms with Crippen LogP contribution in [0.2, 0.25) is 0 Å². The first kappa shape index (κ1) is 13.4. The topological polar surface area (TPSA) is 12.0 Å². The summed E-state index contributed by atoms with van der Waals surface area (Å²) in [6.45, 7) is 6.02. The molecule has 0 aliphatic rings. The Morgan fingerprint density at radius 3 is 2.05 bits per heavy atom. The van der Waals surface area contributed by atoms with Crippen LogP contribution in [0, 0.1) is 26.2 Å². The van der Waals surface area contributed by atoms with Gasteiger partial charge in [-0.25, -0.2) is 0 Å². The Bertz CT molecular complexity index is 568. The maximum Gasteiger partial charge on any atom is 0.0242 e. The number of rotatable bonds is 4. The van der Waals surface area contributed by atoms with Crippen LogP contribution in [0.5, 0.6) is 0 Å². The van der Waals surface area contributed by atoms with Gasteiger partial charge < -0.3 is 5.32 Å². The molecule has 2 rings (SSSR count). The highest BCUT2D eigenvalue weighted by molar-refractivity contribution is 5.34. The summed E-state index contributed by atoms with van der Waals surface area (Å²) in [6, 6.07) is 14.7. The highest BCUT2D eigenvalue weighted by Crippen LogP contribution is 2.09. The van der Waals surface area contributed by atoms with Gasteiger partial charge in [0.05, 0.1) is 0 Å². The average molecular weight is 249 g/mol. The van der Waals surface area contributed by atoms with Crippen molar-refractivity contribution in [2.75, 3.05) is 0 Å². The second-order valence-corrected chi connectivity index (χ2v) is 4.94. The number of terminal acetylenes is 1. The van der Waals surface area contributed by atoms with Crippen molar-refractivity contribution in [2.45, 2.75) is 26.9 Å². The smallest absolute Gasteiger partial charge is 0.0242 e. The van der Waals surface area contributed by atoms with Crippen molar-refractivity contribution in [2.24, 2.45) is 0 Å². The molecule has 0 aromatic heterocycles. The molecule has 0 radical (unpaired) electrons. The van der Waals surface area contributed by atoms with Crippen molar-refractivity contribution in [3.05, 3.63) is 70.3 Å². The number of hydrogen-bond acceptors (Lipinski definition) is 1. The Balaban J connectivity index is 1.90. The Labute approximate surface area is 115 Å². The first-order valence-electron chi connectivity index (χ1n) is 6.51. The van der Waals surface area contributed by atoms with E-state index in [0.29, 0.717) is 0 Å². The molecule has 0 spiro atoms. The van der Waals surface area contributed by atoms with Crippen LogP contribution in [-0.2, 0) is 13.1 Å². The van der Waals surface area contributed by atoms with Crippen LogP contribution >= 0.6 is 0 Å². The molecule has 0 saturated carbocycles. The summed E-state index contributed by atoms with van der Waals surface area (Å²) < 4.78 is 0. The first-order chi connectivity index (χ1) is 9.17. The largest absolute Gasteiger partial charge is 0.309 e. The zero-order valence-electron chi connectivity index (χ0n) is 11.5. The second kappa shape index (κ2) is 6.22.